The van der Waals surface area contributed by atoms with E-state index in [9.17, 15) is 9.90 Å². The molecule has 4 nitrogen and oxygen atoms in total. The van der Waals surface area contributed by atoms with Crippen molar-refractivity contribution in [2.75, 3.05) is 5.32 Å². The quantitative estimate of drug-likeness (QED) is 0.761. The van der Waals surface area contributed by atoms with Gasteiger partial charge in [0.25, 0.3) is 0 Å². The Morgan fingerprint density at radius 1 is 1.16 bits per heavy atom. The van der Waals surface area contributed by atoms with Crippen LogP contribution in [0.25, 0.3) is 0 Å². The van der Waals surface area contributed by atoms with Crippen molar-refractivity contribution in [1.29, 1.82) is 0 Å². The Morgan fingerprint density at radius 3 is 2.53 bits per heavy atom. The van der Waals surface area contributed by atoms with Crippen molar-refractivity contribution in [2.45, 2.75) is 6.04 Å². The molecule has 2 aromatic rings. The summed E-state index contributed by atoms with van der Waals surface area (Å²) >= 11 is 3.19. The maximum Gasteiger partial charge on any atom is 0.245 e. The molecule has 5 heteroatoms. The van der Waals surface area contributed by atoms with Gasteiger partial charge in [-0.15, -0.1) is 0 Å². The van der Waals surface area contributed by atoms with Crippen LogP contribution in [0.4, 0.5) is 5.69 Å². The molecule has 1 amide bonds. The van der Waals surface area contributed by atoms with Gasteiger partial charge in [-0.25, -0.2) is 0 Å². The van der Waals surface area contributed by atoms with Crippen LogP contribution in [0.1, 0.15) is 11.6 Å². The summed E-state index contributed by atoms with van der Waals surface area (Å²) in [4.78, 5) is 12.0. The minimum Gasteiger partial charge on any atom is -0.505 e. The predicted octanol–water partition coefficient (Wildman–Crippen LogP) is 2.79. The molecule has 0 aliphatic rings. The van der Waals surface area contributed by atoms with Crippen LogP contribution >= 0.6 is 15.9 Å². The van der Waals surface area contributed by atoms with E-state index in [2.05, 4.69) is 21.2 Å². The van der Waals surface area contributed by atoms with Crippen molar-refractivity contribution in [3.63, 3.8) is 0 Å². The molecule has 0 aliphatic heterocycles. The van der Waals surface area contributed by atoms with Crippen molar-refractivity contribution in [3.05, 3.63) is 58.6 Å². The highest BCUT2D eigenvalue weighted by atomic mass is 79.9. The minimum absolute atomic E-state index is 0.0175. The fourth-order valence-electron chi connectivity index (χ4n) is 1.64. The fourth-order valence-corrected chi connectivity index (χ4v) is 2.00. The molecule has 2 aromatic carbocycles. The molecule has 0 aliphatic carbocycles. The van der Waals surface area contributed by atoms with Gasteiger partial charge in [0.05, 0.1) is 10.2 Å². The zero-order chi connectivity index (χ0) is 13.8. The van der Waals surface area contributed by atoms with Crippen LogP contribution in [0.2, 0.25) is 0 Å². The number of phenols is 1. The van der Waals surface area contributed by atoms with Crippen LogP contribution in [0.5, 0.6) is 5.75 Å². The lowest BCUT2D eigenvalue weighted by atomic mass is 10.1. The SMILES string of the molecule is N[C@H](C(=O)Nc1cccc(Br)c1O)c1ccccc1. The highest BCUT2D eigenvalue weighted by Gasteiger charge is 2.17. The van der Waals surface area contributed by atoms with Crippen molar-refractivity contribution in [3.8, 4) is 5.75 Å². The van der Waals surface area contributed by atoms with Crippen molar-refractivity contribution >= 4 is 27.5 Å². The summed E-state index contributed by atoms with van der Waals surface area (Å²) in [6.45, 7) is 0. The van der Waals surface area contributed by atoms with E-state index in [0.717, 1.165) is 5.56 Å². The van der Waals surface area contributed by atoms with E-state index in [-0.39, 0.29) is 11.7 Å². The summed E-state index contributed by atoms with van der Waals surface area (Å²) in [5, 5.41) is 12.4. The van der Waals surface area contributed by atoms with E-state index >= 15 is 0 Å². The van der Waals surface area contributed by atoms with Crippen molar-refractivity contribution in [2.24, 2.45) is 5.73 Å². The van der Waals surface area contributed by atoms with Crippen LogP contribution in [-0.4, -0.2) is 11.0 Å². The Balaban J connectivity index is 2.15. The number of carbonyl (C=O) groups excluding carboxylic acids is 1. The molecule has 0 saturated heterocycles. The second-order valence-corrected chi connectivity index (χ2v) is 4.87. The smallest absolute Gasteiger partial charge is 0.245 e. The van der Waals surface area contributed by atoms with Gasteiger partial charge in [-0.2, -0.15) is 0 Å². The average Bonchev–Trinajstić information content (AvgIpc) is 2.44. The fraction of sp³-hybridized carbons (Fsp3) is 0.0714. The zero-order valence-corrected chi connectivity index (χ0v) is 11.6. The minimum atomic E-state index is -0.778. The number of benzene rings is 2. The number of anilines is 1. The molecule has 0 unspecified atom stereocenters. The number of hydrogen-bond donors (Lipinski definition) is 3. The summed E-state index contributed by atoms with van der Waals surface area (Å²) in [6, 6.07) is 13.3. The maximum absolute atomic E-state index is 12.0. The number of aromatic hydroxyl groups is 1. The maximum atomic E-state index is 12.0. The van der Waals surface area contributed by atoms with Gasteiger partial charge in [-0.1, -0.05) is 36.4 Å². The molecule has 0 bridgehead atoms. The Morgan fingerprint density at radius 2 is 1.84 bits per heavy atom. The third-order valence-corrected chi connectivity index (χ3v) is 3.33. The van der Waals surface area contributed by atoms with Gasteiger partial charge in [0.1, 0.15) is 6.04 Å². The van der Waals surface area contributed by atoms with E-state index in [1.54, 1.807) is 30.3 Å². The van der Waals surface area contributed by atoms with Gasteiger partial charge in [0.2, 0.25) is 5.91 Å². The van der Waals surface area contributed by atoms with Gasteiger partial charge >= 0.3 is 0 Å². The largest absolute Gasteiger partial charge is 0.505 e. The summed E-state index contributed by atoms with van der Waals surface area (Å²) in [7, 11) is 0. The van der Waals surface area contributed by atoms with Gasteiger partial charge in [0.15, 0.2) is 5.75 Å². The average molecular weight is 321 g/mol. The number of hydrogen-bond acceptors (Lipinski definition) is 3. The topological polar surface area (TPSA) is 75.4 Å². The second kappa shape index (κ2) is 5.86. The molecule has 0 aromatic heterocycles. The van der Waals surface area contributed by atoms with E-state index in [1.165, 1.54) is 0 Å². The Labute approximate surface area is 119 Å². The number of halogens is 1. The van der Waals surface area contributed by atoms with Gasteiger partial charge < -0.3 is 16.2 Å². The van der Waals surface area contributed by atoms with Crippen LogP contribution in [-0.2, 0) is 4.79 Å². The molecule has 1 atom stereocenters. The molecule has 4 N–H and O–H groups in total. The third kappa shape index (κ3) is 3.13. The van der Waals surface area contributed by atoms with Gasteiger partial charge in [-0.3, -0.25) is 4.79 Å². The Hall–Kier alpha value is -1.85. The highest BCUT2D eigenvalue weighted by molar-refractivity contribution is 9.10. The second-order valence-electron chi connectivity index (χ2n) is 4.01. The van der Waals surface area contributed by atoms with Crippen LogP contribution in [0.15, 0.2) is 53.0 Å². The molecule has 19 heavy (non-hydrogen) atoms. The molecule has 0 radical (unpaired) electrons. The Bertz CT molecular complexity index is 587. The lowest BCUT2D eigenvalue weighted by Crippen LogP contribution is -2.27. The number of amides is 1. The predicted molar refractivity (Wildman–Crippen MR) is 77.8 cm³/mol. The molecule has 0 saturated carbocycles. The normalized spacial score (nSPS) is 11.9. The summed E-state index contributed by atoms with van der Waals surface area (Å²) < 4.78 is 0.513. The van der Waals surface area contributed by atoms with E-state index < -0.39 is 6.04 Å². The molecule has 0 fully saturated rings. The van der Waals surface area contributed by atoms with E-state index in [4.69, 9.17) is 5.73 Å². The standard InChI is InChI=1S/C14H13BrN2O2/c15-10-7-4-8-11(13(10)18)17-14(19)12(16)9-5-2-1-3-6-9/h1-8,12,18H,16H2,(H,17,19)/t12-/m0/s1. The number of nitrogens with two attached hydrogens (primary N) is 1. The summed E-state index contributed by atoms with van der Waals surface area (Å²) in [6.07, 6.45) is 0. The molecular formula is C14H13BrN2O2. The molecule has 0 heterocycles. The first kappa shape index (κ1) is 13.6. The molecule has 2 rings (SSSR count). The lowest BCUT2D eigenvalue weighted by Gasteiger charge is -2.13. The van der Waals surface area contributed by atoms with Gasteiger partial charge in [0, 0.05) is 0 Å². The van der Waals surface area contributed by atoms with Crippen molar-refractivity contribution in [1.82, 2.24) is 0 Å². The third-order valence-electron chi connectivity index (χ3n) is 2.69. The number of para-hydroxylation sites is 1. The van der Waals surface area contributed by atoms with E-state index in [1.807, 2.05) is 18.2 Å². The van der Waals surface area contributed by atoms with Crippen LogP contribution in [0.3, 0.4) is 0 Å². The van der Waals surface area contributed by atoms with Crippen LogP contribution in [0, 0.1) is 0 Å². The lowest BCUT2D eigenvalue weighted by molar-refractivity contribution is -0.117. The van der Waals surface area contributed by atoms with Crippen molar-refractivity contribution < 1.29 is 9.90 Å². The number of phenolic OH excluding ortho intramolecular Hbond substituents is 1. The number of rotatable bonds is 3. The number of carbonyl (C=O) groups is 1. The first-order chi connectivity index (χ1) is 9.09. The van der Waals surface area contributed by atoms with Gasteiger partial charge in [-0.05, 0) is 33.6 Å². The molecule has 98 valence electrons. The Kier molecular flexibility index (Phi) is 4.19. The molecular weight excluding hydrogens is 308 g/mol. The monoisotopic (exact) mass is 320 g/mol. The summed E-state index contributed by atoms with van der Waals surface area (Å²) in [5.41, 5.74) is 6.91. The first-order valence-electron chi connectivity index (χ1n) is 5.68. The highest BCUT2D eigenvalue weighted by Crippen LogP contribution is 2.31. The first-order valence-corrected chi connectivity index (χ1v) is 6.48. The number of nitrogens with one attached hydrogen (secondary N) is 1. The molecule has 0 spiro atoms. The van der Waals surface area contributed by atoms with E-state index in [0.29, 0.717) is 10.2 Å². The van der Waals surface area contributed by atoms with Crippen LogP contribution < -0.4 is 11.1 Å². The summed E-state index contributed by atoms with van der Waals surface area (Å²) in [5.74, 6) is -0.393. The zero-order valence-electron chi connectivity index (χ0n) is 10.0.